The smallest absolute Gasteiger partial charge is 0.246 e. The molecule has 1 aliphatic carbocycles. The molecule has 90 valence electrons. The summed E-state index contributed by atoms with van der Waals surface area (Å²) in [6, 6.07) is 0.143. The van der Waals surface area contributed by atoms with Crippen LogP contribution in [-0.4, -0.2) is 35.8 Å². The Bertz CT molecular complexity index is 303. The van der Waals surface area contributed by atoms with Gasteiger partial charge in [-0.1, -0.05) is 19.8 Å². The fraction of sp³-hybridized carbons (Fsp3) is 0.833. The lowest BCUT2D eigenvalue weighted by atomic mass is 9.86. The van der Waals surface area contributed by atoms with E-state index in [0.29, 0.717) is 12.5 Å². The number of imide groups is 1. The van der Waals surface area contributed by atoms with Crippen LogP contribution in [0.5, 0.6) is 0 Å². The number of rotatable bonds is 2. The molecular weight excluding hydrogens is 204 g/mol. The molecule has 2 aliphatic rings. The molecule has 3 atom stereocenters. The summed E-state index contributed by atoms with van der Waals surface area (Å²) in [6.45, 7) is 2.25. The molecule has 0 radical (unpaired) electrons. The number of hydrogen-bond acceptors (Lipinski definition) is 3. The van der Waals surface area contributed by atoms with Crippen LogP contribution < -0.4 is 5.32 Å². The first-order chi connectivity index (χ1) is 7.58. The van der Waals surface area contributed by atoms with E-state index in [2.05, 4.69) is 12.2 Å². The van der Waals surface area contributed by atoms with Crippen LogP contribution in [0.1, 0.15) is 39.0 Å². The van der Waals surface area contributed by atoms with Gasteiger partial charge in [0.05, 0.1) is 12.5 Å². The number of carbonyl (C=O) groups is 2. The van der Waals surface area contributed by atoms with Gasteiger partial charge in [0.25, 0.3) is 0 Å². The summed E-state index contributed by atoms with van der Waals surface area (Å²) in [7, 11) is 1.57. The lowest BCUT2D eigenvalue weighted by Crippen LogP contribution is -2.44. The Balaban J connectivity index is 1.90. The molecule has 3 unspecified atom stereocenters. The van der Waals surface area contributed by atoms with Crippen LogP contribution in [0.15, 0.2) is 0 Å². The molecular formula is C12H20N2O2. The van der Waals surface area contributed by atoms with Gasteiger partial charge in [0, 0.05) is 13.1 Å². The second-order valence-electron chi connectivity index (χ2n) is 5.18. The molecule has 2 rings (SSSR count). The van der Waals surface area contributed by atoms with Crippen molar-refractivity contribution in [1.29, 1.82) is 0 Å². The molecule has 2 fully saturated rings. The average Bonchev–Trinajstić information content (AvgIpc) is 2.47. The molecule has 4 nitrogen and oxygen atoms in total. The van der Waals surface area contributed by atoms with Crippen molar-refractivity contribution in [2.75, 3.05) is 7.05 Å². The zero-order chi connectivity index (χ0) is 11.7. The second kappa shape index (κ2) is 4.53. The third kappa shape index (κ3) is 2.26. The average molecular weight is 224 g/mol. The van der Waals surface area contributed by atoms with E-state index in [-0.39, 0.29) is 17.9 Å². The Morgan fingerprint density at radius 3 is 2.62 bits per heavy atom. The molecule has 4 heteroatoms. The zero-order valence-corrected chi connectivity index (χ0v) is 10.0. The van der Waals surface area contributed by atoms with Gasteiger partial charge in [-0.05, 0) is 18.8 Å². The van der Waals surface area contributed by atoms with Crippen molar-refractivity contribution in [3.8, 4) is 0 Å². The highest BCUT2D eigenvalue weighted by molar-refractivity contribution is 6.05. The first-order valence-corrected chi connectivity index (χ1v) is 6.14. The van der Waals surface area contributed by atoms with Gasteiger partial charge in [0.1, 0.15) is 0 Å². The highest BCUT2D eigenvalue weighted by Gasteiger charge is 2.37. The van der Waals surface area contributed by atoms with Crippen molar-refractivity contribution >= 4 is 11.8 Å². The largest absolute Gasteiger partial charge is 0.303 e. The van der Waals surface area contributed by atoms with E-state index in [1.807, 2.05) is 0 Å². The summed E-state index contributed by atoms with van der Waals surface area (Å²) in [5, 5.41) is 3.35. The maximum atomic E-state index is 11.7. The third-order valence-electron chi connectivity index (χ3n) is 3.75. The van der Waals surface area contributed by atoms with Crippen LogP contribution >= 0.6 is 0 Å². The molecule has 1 aliphatic heterocycles. The van der Waals surface area contributed by atoms with Gasteiger partial charge >= 0.3 is 0 Å². The Kier molecular flexibility index (Phi) is 3.28. The Hall–Kier alpha value is -0.900. The normalized spacial score (nSPS) is 35.9. The van der Waals surface area contributed by atoms with Crippen molar-refractivity contribution in [3.63, 3.8) is 0 Å². The number of nitrogens with zero attached hydrogens (tertiary/aromatic N) is 1. The Morgan fingerprint density at radius 1 is 1.31 bits per heavy atom. The van der Waals surface area contributed by atoms with Gasteiger partial charge in [-0.2, -0.15) is 0 Å². The van der Waals surface area contributed by atoms with E-state index in [4.69, 9.17) is 0 Å². The molecule has 1 heterocycles. The minimum atomic E-state index is -0.271. The monoisotopic (exact) mass is 224 g/mol. The molecule has 0 aromatic rings. The summed E-state index contributed by atoms with van der Waals surface area (Å²) in [5.41, 5.74) is 0. The van der Waals surface area contributed by atoms with Crippen LogP contribution in [0.2, 0.25) is 0 Å². The predicted octanol–water partition coefficient (Wildman–Crippen LogP) is 0.912. The molecule has 0 aromatic carbocycles. The van der Waals surface area contributed by atoms with Gasteiger partial charge in [-0.15, -0.1) is 0 Å². The van der Waals surface area contributed by atoms with Crippen LogP contribution in [0.4, 0.5) is 0 Å². The number of likely N-dealkylation sites (N-methyl/N-ethyl adjacent to an activating group) is 1. The fourth-order valence-electron chi connectivity index (χ4n) is 2.76. The van der Waals surface area contributed by atoms with Crippen molar-refractivity contribution in [1.82, 2.24) is 10.2 Å². The Morgan fingerprint density at radius 2 is 2.06 bits per heavy atom. The summed E-state index contributed by atoms with van der Waals surface area (Å²) in [6.07, 6.45) is 5.10. The molecule has 1 N–H and O–H groups in total. The second-order valence-corrected chi connectivity index (χ2v) is 5.18. The number of carbonyl (C=O) groups excluding carboxylic acids is 2. The molecule has 1 saturated carbocycles. The van der Waals surface area contributed by atoms with E-state index in [1.165, 1.54) is 17.7 Å². The molecule has 16 heavy (non-hydrogen) atoms. The molecule has 0 aromatic heterocycles. The lowest BCUT2D eigenvalue weighted by Gasteiger charge is -2.29. The van der Waals surface area contributed by atoms with Crippen LogP contribution in [-0.2, 0) is 9.59 Å². The zero-order valence-electron chi connectivity index (χ0n) is 10.0. The van der Waals surface area contributed by atoms with Gasteiger partial charge in [0.2, 0.25) is 11.8 Å². The highest BCUT2D eigenvalue weighted by Crippen LogP contribution is 2.24. The lowest BCUT2D eigenvalue weighted by molar-refractivity contribution is -0.137. The predicted molar refractivity (Wildman–Crippen MR) is 60.7 cm³/mol. The van der Waals surface area contributed by atoms with E-state index < -0.39 is 0 Å². The van der Waals surface area contributed by atoms with E-state index >= 15 is 0 Å². The first-order valence-electron chi connectivity index (χ1n) is 6.14. The number of nitrogens with one attached hydrogen (secondary N) is 1. The van der Waals surface area contributed by atoms with Crippen LogP contribution in [0.25, 0.3) is 0 Å². The van der Waals surface area contributed by atoms with Crippen molar-refractivity contribution in [2.45, 2.75) is 51.1 Å². The van der Waals surface area contributed by atoms with Crippen molar-refractivity contribution in [3.05, 3.63) is 0 Å². The Labute approximate surface area is 96.4 Å². The summed E-state index contributed by atoms with van der Waals surface area (Å²) < 4.78 is 0. The molecule has 0 bridgehead atoms. The standard InChI is InChI=1S/C12H20N2O2/c1-8-4-3-5-9(6-8)13-10-7-11(15)14(2)12(10)16/h8-10,13H,3-7H2,1-2H3. The molecule has 2 amide bonds. The van der Waals surface area contributed by atoms with Crippen LogP contribution in [0, 0.1) is 5.92 Å². The quantitative estimate of drug-likeness (QED) is 0.709. The van der Waals surface area contributed by atoms with Crippen molar-refractivity contribution < 1.29 is 9.59 Å². The van der Waals surface area contributed by atoms with Crippen LogP contribution in [0.3, 0.4) is 0 Å². The van der Waals surface area contributed by atoms with E-state index in [9.17, 15) is 9.59 Å². The molecule has 0 spiro atoms. The number of amides is 2. The fourth-order valence-corrected chi connectivity index (χ4v) is 2.76. The maximum absolute atomic E-state index is 11.7. The van der Waals surface area contributed by atoms with E-state index in [0.717, 1.165) is 18.8 Å². The maximum Gasteiger partial charge on any atom is 0.246 e. The highest BCUT2D eigenvalue weighted by atomic mass is 16.2. The summed E-state index contributed by atoms with van der Waals surface area (Å²) >= 11 is 0. The minimum absolute atomic E-state index is 0.0636. The summed E-state index contributed by atoms with van der Waals surface area (Å²) in [4.78, 5) is 24.3. The SMILES string of the molecule is CC1CCCC(NC2CC(=O)N(C)C2=O)C1. The van der Waals surface area contributed by atoms with Gasteiger partial charge in [-0.25, -0.2) is 0 Å². The van der Waals surface area contributed by atoms with E-state index in [1.54, 1.807) is 7.05 Å². The van der Waals surface area contributed by atoms with Gasteiger partial charge in [-0.3, -0.25) is 14.5 Å². The van der Waals surface area contributed by atoms with Crippen molar-refractivity contribution in [2.24, 2.45) is 5.92 Å². The summed E-state index contributed by atoms with van der Waals surface area (Å²) in [5.74, 6) is 0.603. The first kappa shape index (κ1) is 11.6. The minimum Gasteiger partial charge on any atom is -0.303 e. The topological polar surface area (TPSA) is 49.4 Å². The number of likely N-dealkylation sites (tertiary alicyclic amines) is 1. The van der Waals surface area contributed by atoms with Gasteiger partial charge in [0.15, 0.2) is 0 Å². The molecule has 1 saturated heterocycles. The van der Waals surface area contributed by atoms with Gasteiger partial charge < -0.3 is 5.32 Å². The third-order valence-corrected chi connectivity index (χ3v) is 3.75. The number of hydrogen-bond donors (Lipinski definition) is 1.